The molecule has 0 heterocycles. The molecular weight excluding hydrogens is 219 g/mol. The minimum atomic E-state index is -0.392. The zero-order valence-corrected chi connectivity index (χ0v) is 10.2. The van der Waals surface area contributed by atoms with Crippen molar-refractivity contribution in [1.82, 2.24) is 0 Å². The van der Waals surface area contributed by atoms with Crippen LogP contribution in [0.5, 0.6) is 5.75 Å². The molecule has 0 radical (unpaired) electrons. The largest absolute Gasteiger partial charge is 0.493 e. The van der Waals surface area contributed by atoms with Crippen molar-refractivity contribution in [2.45, 2.75) is 20.3 Å². The lowest BCUT2D eigenvalue weighted by Crippen LogP contribution is -2.04. The van der Waals surface area contributed by atoms with Gasteiger partial charge in [-0.15, -0.1) is 0 Å². The van der Waals surface area contributed by atoms with Crippen LogP contribution in [0.1, 0.15) is 25.8 Å². The van der Waals surface area contributed by atoms with E-state index in [4.69, 9.17) is 9.84 Å². The Morgan fingerprint density at radius 1 is 1.41 bits per heavy atom. The van der Waals surface area contributed by atoms with E-state index >= 15 is 0 Å². The molecule has 3 heteroatoms. The summed E-state index contributed by atoms with van der Waals surface area (Å²) in [7, 11) is 0. The standard InChI is InChI=1S/C14H17FO2/c1-11(2)10-17-13-7-6-12(14(15)9-13)5-3-4-8-16/h6-7,9,11,16H,4,8,10H2,1-2H3. The molecule has 0 bridgehead atoms. The Bertz CT molecular complexity index is 416. The molecule has 0 saturated carbocycles. The fraction of sp³-hybridized carbons (Fsp3) is 0.429. The van der Waals surface area contributed by atoms with Gasteiger partial charge in [-0.05, 0) is 18.1 Å². The van der Waals surface area contributed by atoms with E-state index in [1.165, 1.54) is 6.07 Å². The van der Waals surface area contributed by atoms with Crippen LogP contribution >= 0.6 is 0 Å². The molecule has 0 fully saturated rings. The molecule has 0 atom stereocenters. The molecule has 0 aromatic heterocycles. The summed E-state index contributed by atoms with van der Waals surface area (Å²) in [4.78, 5) is 0. The zero-order chi connectivity index (χ0) is 12.7. The molecule has 0 aliphatic rings. The number of rotatable bonds is 4. The lowest BCUT2D eigenvalue weighted by molar-refractivity contribution is 0.270. The molecule has 0 unspecified atom stereocenters. The van der Waals surface area contributed by atoms with E-state index in [9.17, 15) is 4.39 Å². The van der Waals surface area contributed by atoms with Crippen molar-refractivity contribution in [3.05, 3.63) is 29.6 Å². The zero-order valence-electron chi connectivity index (χ0n) is 10.2. The van der Waals surface area contributed by atoms with E-state index < -0.39 is 5.82 Å². The van der Waals surface area contributed by atoms with Gasteiger partial charge in [0.2, 0.25) is 0 Å². The Kier molecular flexibility index (Phi) is 5.51. The van der Waals surface area contributed by atoms with Gasteiger partial charge in [0, 0.05) is 12.5 Å². The Hall–Kier alpha value is -1.53. The van der Waals surface area contributed by atoms with Crippen molar-refractivity contribution in [1.29, 1.82) is 0 Å². The van der Waals surface area contributed by atoms with Crippen LogP contribution in [-0.4, -0.2) is 18.3 Å². The lowest BCUT2D eigenvalue weighted by atomic mass is 10.2. The molecule has 17 heavy (non-hydrogen) atoms. The molecule has 0 aliphatic carbocycles. The molecule has 0 saturated heterocycles. The van der Waals surface area contributed by atoms with Gasteiger partial charge in [-0.3, -0.25) is 0 Å². The SMILES string of the molecule is CC(C)COc1ccc(C#CCCO)c(F)c1. The predicted octanol–water partition coefficient (Wildman–Crippen LogP) is 2.59. The fourth-order valence-electron chi connectivity index (χ4n) is 1.16. The van der Waals surface area contributed by atoms with Gasteiger partial charge in [-0.1, -0.05) is 25.7 Å². The van der Waals surface area contributed by atoms with E-state index in [-0.39, 0.29) is 6.61 Å². The number of ether oxygens (including phenoxy) is 1. The smallest absolute Gasteiger partial charge is 0.142 e. The van der Waals surface area contributed by atoms with Crippen LogP contribution in [0, 0.1) is 23.6 Å². The number of aliphatic hydroxyl groups excluding tert-OH is 1. The average Bonchev–Trinajstić information content (AvgIpc) is 2.29. The van der Waals surface area contributed by atoms with Crippen molar-refractivity contribution >= 4 is 0 Å². The highest BCUT2D eigenvalue weighted by Gasteiger charge is 2.03. The third-order valence-electron chi connectivity index (χ3n) is 1.98. The van der Waals surface area contributed by atoms with E-state index in [1.807, 2.05) is 13.8 Å². The summed E-state index contributed by atoms with van der Waals surface area (Å²) >= 11 is 0. The van der Waals surface area contributed by atoms with Crippen LogP contribution in [0.3, 0.4) is 0 Å². The lowest BCUT2D eigenvalue weighted by Gasteiger charge is -2.08. The second kappa shape index (κ2) is 6.93. The summed E-state index contributed by atoms with van der Waals surface area (Å²) < 4.78 is 19.0. The highest BCUT2D eigenvalue weighted by molar-refractivity contribution is 5.39. The first kappa shape index (κ1) is 13.5. The van der Waals surface area contributed by atoms with Gasteiger partial charge in [0.25, 0.3) is 0 Å². The molecule has 1 aromatic rings. The minimum Gasteiger partial charge on any atom is -0.493 e. The first-order valence-corrected chi connectivity index (χ1v) is 5.65. The second-order valence-electron chi connectivity index (χ2n) is 4.12. The Balaban J connectivity index is 2.70. The average molecular weight is 236 g/mol. The van der Waals surface area contributed by atoms with Crippen LogP contribution < -0.4 is 4.74 Å². The van der Waals surface area contributed by atoms with Gasteiger partial charge in [0.05, 0.1) is 18.8 Å². The van der Waals surface area contributed by atoms with Crippen LogP contribution in [-0.2, 0) is 0 Å². The Morgan fingerprint density at radius 3 is 2.76 bits per heavy atom. The summed E-state index contributed by atoms with van der Waals surface area (Å²) in [5, 5.41) is 8.56. The van der Waals surface area contributed by atoms with Crippen LogP contribution in [0.15, 0.2) is 18.2 Å². The fourth-order valence-corrected chi connectivity index (χ4v) is 1.16. The third kappa shape index (κ3) is 4.88. The van der Waals surface area contributed by atoms with Crippen LogP contribution in [0.25, 0.3) is 0 Å². The highest BCUT2D eigenvalue weighted by atomic mass is 19.1. The predicted molar refractivity (Wildman–Crippen MR) is 65.3 cm³/mol. The molecule has 92 valence electrons. The van der Waals surface area contributed by atoms with Gasteiger partial charge >= 0.3 is 0 Å². The summed E-state index contributed by atoms with van der Waals surface area (Å²) in [6.07, 6.45) is 0.352. The molecule has 1 rings (SSSR count). The normalized spacial score (nSPS) is 9.94. The van der Waals surface area contributed by atoms with E-state index in [2.05, 4.69) is 11.8 Å². The number of benzene rings is 1. The highest BCUT2D eigenvalue weighted by Crippen LogP contribution is 2.16. The van der Waals surface area contributed by atoms with Crippen molar-refractivity contribution in [2.24, 2.45) is 5.92 Å². The molecule has 1 aromatic carbocycles. The number of hydrogen-bond donors (Lipinski definition) is 1. The summed E-state index contributed by atoms with van der Waals surface area (Å²) in [5.74, 6) is 5.88. The molecule has 1 N–H and O–H groups in total. The van der Waals surface area contributed by atoms with Gasteiger partial charge in [0.15, 0.2) is 0 Å². The minimum absolute atomic E-state index is 0.00972. The number of aliphatic hydroxyl groups is 1. The monoisotopic (exact) mass is 236 g/mol. The molecular formula is C14H17FO2. The van der Waals surface area contributed by atoms with Crippen molar-refractivity contribution in [2.75, 3.05) is 13.2 Å². The molecule has 0 aliphatic heterocycles. The summed E-state index contributed by atoms with van der Waals surface area (Å²) in [6, 6.07) is 4.63. The van der Waals surface area contributed by atoms with Gasteiger partial charge < -0.3 is 9.84 Å². The summed E-state index contributed by atoms with van der Waals surface area (Å²) in [6.45, 7) is 4.62. The molecule has 2 nitrogen and oxygen atoms in total. The first-order chi connectivity index (χ1) is 8.13. The van der Waals surface area contributed by atoms with E-state index in [0.717, 1.165) is 0 Å². The van der Waals surface area contributed by atoms with Gasteiger partial charge in [-0.25, -0.2) is 4.39 Å². The van der Waals surface area contributed by atoms with E-state index in [1.54, 1.807) is 12.1 Å². The number of halogens is 1. The second-order valence-corrected chi connectivity index (χ2v) is 4.12. The summed E-state index contributed by atoms with van der Waals surface area (Å²) in [5.41, 5.74) is 0.329. The Labute approximate surface area is 101 Å². The quantitative estimate of drug-likeness (QED) is 0.814. The third-order valence-corrected chi connectivity index (χ3v) is 1.98. The number of hydrogen-bond acceptors (Lipinski definition) is 2. The Morgan fingerprint density at radius 2 is 2.18 bits per heavy atom. The topological polar surface area (TPSA) is 29.5 Å². The first-order valence-electron chi connectivity index (χ1n) is 5.65. The maximum atomic E-state index is 13.6. The van der Waals surface area contributed by atoms with Crippen LogP contribution in [0.4, 0.5) is 4.39 Å². The molecule has 0 amide bonds. The molecule has 0 spiro atoms. The van der Waals surface area contributed by atoms with E-state index in [0.29, 0.717) is 30.3 Å². The van der Waals surface area contributed by atoms with Gasteiger partial charge in [-0.2, -0.15) is 0 Å². The van der Waals surface area contributed by atoms with Crippen molar-refractivity contribution in [3.63, 3.8) is 0 Å². The van der Waals surface area contributed by atoms with Crippen molar-refractivity contribution in [3.8, 4) is 17.6 Å². The van der Waals surface area contributed by atoms with Crippen LogP contribution in [0.2, 0.25) is 0 Å². The maximum Gasteiger partial charge on any atom is 0.142 e. The van der Waals surface area contributed by atoms with Crippen molar-refractivity contribution < 1.29 is 14.2 Å². The van der Waals surface area contributed by atoms with Gasteiger partial charge in [0.1, 0.15) is 11.6 Å². The maximum absolute atomic E-state index is 13.6.